The Morgan fingerprint density at radius 3 is 2.37 bits per heavy atom. The lowest BCUT2D eigenvalue weighted by atomic mass is 10.1. The average Bonchev–Trinajstić information content (AvgIpc) is 2.36. The average molecular weight is 286 g/mol. The van der Waals surface area contributed by atoms with Crippen LogP contribution in [0.3, 0.4) is 0 Å². The van der Waals surface area contributed by atoms with Crippen LogP contribution in [0.25, 0.3) is 0 Å². The lowest BCUT2D eigenvalue weighted by Crippen LogP contribution is -2.35. The summed E-state index contributed by atoms with van der Waals surface area (Å²) in [6, 6.07) is 6.70. The minimum Gasteiger partial charge on any atom is -0.391 e. The standard InChI is InChI=1S/C14H20ClNO3/c1-9(2)13(18)8-16-14(19)7-12(17)10-3-5-11(15)6-4-10/h3-6,9,12-13,17-18H,7-8H2,1-2H3,(H,16,19). The van der Waals surface area contributed by atoms with Crippen molar-refractivity contribution in [3.8, 4) is 0 Å². The van der Waals surface area contributed by atoms with Crippen LogP contribution in [0.2, 0.25) is 5.02 Å². The number of aliphatic hydroxyl groups is 2. The molecule has 1 aromatic carbocycles. The predicted octanol–water partition coefficient (Wildman–Crippen LogP) is 1.90. The zero-order chi connectivity index (χ0) is 14.4. The first-order valence-electron chi connectivity index (χ1n) is 6.28. The van der Waals surface area contributed by atoms with Gasteiger partial charge in [0.05, 0.1) is 18.6 Å². The van der Waals surface area contributed by atoms with E-state index in [0.29, 0.717) is 10.6 Å². The van der Waals surface area contributed by atoms with E-state index in [1.807, 2.05) is 13.8 Å². The molecule has 0 bridgehead atoms. The SMILES string of the molecule is CC(C)C(O)CNC(=O)CC(O)c1ccc(Cl)cc1. The van der Waals surface area contributed by atoms with E-state index in [2.05, 4.69) is 5.32 Å². The molecule has 1 rings (SSSR count). The van der Waals surface area contributed by atoms with Crippen molar-refractivity contribution in [1.29, 1.82) is 0 Å². The van der Waals surface area contributed by atoms with E-state index in [-0.39, 0.29) is 24.8 Å². The van der Waals surface area contributed by atoms with Crippen LogP contribution in [-0.4, -0.2) is 28.8 Å². The molecule has 0 aromatic heterocycles. The highest BCUT2D eigenvalue weighted by atomic mass is 35.5. The van der Waals surface area contributed by atoms with Gasteiger partial charge < -0.3 is 15.5 Å². The number of hydrogen-bond acceptors (Lipinski definition) is 3. The van der Waals surface area contributed by atoms with Gasteiger partial charge in [-0.1, -0.05) is 37.6 Å². The smallest absolute Gasteiger partial charge is 0.223 e. The van der Waals surface area contributed by atoms with Gasteiger partial charge in [0.25, 0.3) is 0 Å². The van der Waals surface area contributed by atoms with E-state index >= 15 is 0 Å². The number of carbonyl (C=O) groups excluding carboxylic acids is 1. The van der Waals surface area contributed by atoms with Crippen molar-refractivity contribution in [1.82, 2.24) is 5.32 Å². The molecule has 0 fully saturated rings. The molecule has 0 aliphatic heterocycles. The topological polar surface area (TPSA) is 69.6 Å². The van der Waals surface area contributed by atoms with Crippen LogP contribution in [0.5, 0.6) is 0 Å². The lowest BCUT2D eigenvalue weighted by molar-refractivity contribution is -0.123. The molecule has 2 atom stereocenters. The first-order valence-corrected chi connectivity index (χ1v) is 6.66. The fraction of sp³-hybridized carbons (Fsp3) is 0.500. The number of carbonyl (C=O) groups is 1. The van der Waals surface area contributed by atoms with Crippen molar-refractivity contribution in [2.75, 3.05) is 6.54 Å². The molecule has 5 heteroatoms. The van der Waals surface area contributed by atoms with Crippen LogP contribution in [0.1, 0.15) is 31.9 Å². The van der Waals surface area contributed by atoms with Crippen LogP contribution >= 0.6 is 11.6 Å². The van der Waals surface area contributed by atoms with Crippen molar-refractivity contribution in [2.45, 2.75) is 32.5 Å². The summed E-state index contributed by atoms with van der Waals surface area (Å²) in [5.41, 5.74) is 0.643. The van der Waals surface area contributed by atoms with Crippen molar-refractivity contribution < 1.29 is 15.0 Å². The van der Waals surface area contributed by atoms with E-state index in [1.165, 1.54) is 0 Å². The quantitative estimate of drug-likeness (QED) is 0.748. The largest absolute Gasteiger partial charge is 0.391 e. The Labute approximate surface area is 118 Å². The summed E-state index contributed by atoms with van der Waals surface area (Å²) in [7, 11) is 0. The van der Waals surface area contributed by atoms with Gasteiger partial charge in [-0.15, -0.1) is 0 Å². The zero-order valence-corrected chi connectivity index (χ0v) is 11.9. The molecule has 3 N–H and O–H groups in total. The monoisotopic (exact) mass is 285 g/mol. The molecule has 0 spiro atoms. The van der Waals surface area contributed by atoms with Crippen LogP contribution in [0.15, 0.2) is 24.3 Å². The molecule has 1 aromatic rings. The van der Waals surface area contributed by atoms with Crippen LogP contribution in [0.4, 0.5) is 0 Å². The van der Waals surface area contributed by atoms with Gasteiger partial charge in [-0.2, -0.15) is 0 Å². The number of rotatable bonds is 6. The third kappa shape index (κ3) is 5.59. The van der Waals surface area contributed by atoms with Gasteiger partial charge in [0, 0.05) is 11.6 Å². The number of amides is 1. The third-order valence-electron chi connectivity index (χ3n) is 2.91. The van der Waals surface area contributed by atoms with E-state index < -0.39 is 12.2 Å². The van der Waals surface area contributed by atoms with E-state index in [1.54, 1.807) is 24.3 Å². The van der Waals surface area contributed by atoms with Gasteiger partial charge in [-0.3, -0.25) is 4.79 Å². The maximum Gasteiger partial charge on any atom is 0.223 e. The second-order valence-corrected chi connectivity index (χ2v) is 5.32. The van der Waals surface area contributed by atoms with E-state index in [4.69, 9.17) is 11.6 Å². The maximum absolute atomic E-state index is 11.6. The molecular weight excluding hydrogens is 266 g/mol. The minimum absolute atomic E-state index is 0.0353. The number of benzene rings is 1. The molecule has 0 heterocycles. The molecule has 106 valence electrons. The molecule has 0 aliphatic carbocycles. The number of halogens is 1. The highest BCUT2D eigenvalue weighted by Crippen LogP contribution is 2.18. The Hall–Kier alpha value is -1.10. The summed E-state index contributed by atoms with van der Waals surface area (Å²) < 4.78 is 0. The molecular formula is C14H20ClNO3. The first-order chi connectivity index (χ1) is 8.90. The molecule has 0 saturated carbocycles. The molecule has 1 amide bonds. The van der Waals surface area contributed by atoms with Crippen molar-refractivity contribution in [3.63, 3.8) is 0 Å². The maximum atomic E-state index is 11.6. The minimum atomic E-state index is -0.867. The predicted molar refractivity (Wildman–Crippen MR) is 74.9 cm³/mol. The Kier molecular flexibility index (Phi) is 6.28. The number of nitrogens with one attached hydrogen (secondary N) is 1. The Balaban J connectivity index is 2.42. The second-order valence-electron chi connectivity index (χ2n) is 4.89. The van der Waals surface area contributed by atoms with Crippen molar-refractivity contribution >= 4 is 17.5 Å². The van der Waals surface area contributed by atoms with Crippen LogP contribution in [0, 0.1) is 5.92 Å². The fourth-order valence-corrected chi connectivity index (χ4v) is 1.63. The lowest BCUT2D eigenvalue weighted by Gasteiger charge is -2.16. The summed E-state index contributed by atoms with van der Waals surface area (Å²) in [4.78, 5) is 11.6. The number of aliphatic hydroxyl groups excluding tert-OH is 2. The van der Waals surface area contributed by atoms with Crippen LogP contribution < -0.4 is 5.32 Å². The molecule has 0 saturated heterocycles. The summed E-state index contributed by atoms with van der Waals surface area (Å²) in [6.07, 6.45) is -1.48. The van der Waals surface area contributed by atoms with Crippen LogP contribution in [-0.2, 0) is 4.79 Å². The summed E-state index contributed by atoms with van der Waals surface area (Å²) in [5, 5.41) is 22.6. The molecule has 0 radical (unpaired) electrons. The highest BCUT2D eigenvalue weighted by molar-refractivity contribution is 6.30. The molecule has 2 unspecified atom stereocenters. The van der Waals surface area contributed by atoms with Gasteiger partial charge in [-0.25, -0.2) is 0 Å². The van der Waals surface area contributed by atoms with Gasteiger partial charge in [0.15, 0.2) is 0 Å². The normalized spacial score (nSPS) is 14.2. The zero-order valence-electron chi connectivity index (χ0n) is 11.1. The Morgan fingerprint density at radius 1 is 1.26 bits per heavy atom. The molecule has 4 nitrogen and oxygen atoms in total. The molecule has 19 heavy (non-hydrogen) atoms. The van der Waals surface area contributed by atoms with Gasteiger partial charge in [0.1, 0.15) is 0 Å². The second kappa shape index (κ2) is 7.48. The van der Waals surface area contributed by atoms with Crippen molar-refractivity contribution in [3.05, 3.63) is 34.9 Å². The van der Waals surface area contributed by atoms with Gasteiger partial charge >= 0.3 is 0 Å². The fourth-order valence-electron chi connectivity index (χ4n) is 1.50. The highest BCUT2D eigenvalue weighted by Gasteiger charge is 2.15. The van der Waals surface area contributed by atoms with E-state index in [0.717, 1.165) is 0 Å². The van der Waals surface area contributed by atoms with Crippen molar-refractivity contribution in [2.24, 2.45) is 5.92 Å². The summed E-state index contributed by atoms with van der Waals surface area (Å²) in [6.45, 7) is 3.95. The van der Waals surface area contributed by atoms with E-state index in [9.17, 15) is 15.0 Å². The van der Waals surface area contributed by atoms with Gasteiger partial charge in [0.2, 0.25) is 5.91 Å². The summed E-state index contributed by atoms with van der Waals surface area (Å²) in [5.74, 6) is -0.205. The Bertz CT molecular complexity index is 406. The van der Waals surface area contributed by atoms with Gasteiger partial charge in [-0.05, 0) is 23.6 Å². The molecule has 0 aliphatic rings. The third-order valence-corrected chi connectivity index (χ3v) is 3.16. The number of hydrogen-bond donors (Lipinski definition) is 3. The summed E-state index contributed by atoms with van der Waals surface area (Å²) >= 11 is 5.75. The Morgan fingerprint density at radius 2 is 1.84 bits per heavy atom. The first kappa shape index (κ1) is 16.0.